The van der Waals surface area contributed by atoms with E-state index in [1.807, 2.05) is 12.1 Å². The second-order valence-corrected chi connectivity index (χ2v) is 10.0. The van der Waals surface area contributed by atoms with Gasteiger partial charge in [-0.1, -0.05) is 96.3 Å². The van der Waals surface area contributed by atoms with Crippen molar-refractivity contribution in [3.05, 3.63) is 41.5 Å². The minimum atomic E-state index is -4.23. The van der Waals surface area contributed by atoms with Crippen molar-refractivity contribution in [3.63, 3.8) is 0 Å². The number of hydrogen-bond donors (Lipinski definition) is 1. The third-order valence-corrected chi connectivity index (χ3v) is 6.91. The van der Waals surface area contributed by atoms with Crippen molar-refractivity contribution < 1.29 is 13.0 Å². The van der Waals surface area contributed by atoms with Crippen LogP contribution in [0.4, 0.5) is 0 Å². The number of rotatable bonds is 15. The summed E-state index contributed by atoms with van der Waals surface area (Å²) in [5.74, 6) is 0. The van der Waals surface area contributed by atoms with Crippen LogP contribution in [0.25, 0.3) is 10.8 Å². The summed E-state index contributed by atoms with van der Waals surface area (Å²) in [6.07, 6.45) is 16.8. The van der Waals surface area contributed by atoms with Crippen LogP contribution in [-0.4, -0.2) is 13.0 Å². The highest BCUT2D eigenvalue weighted by molar-refractivity contribution is 7.86. The van der Waals surface area contributed by atoms with Gasteiger partial charge in [0.25, 0.3) is 10.1 Å². The van der Waals surface area contributed by atoms with E-state index in [1.165, 1.54) is 81.4 Å². The highest BCUT2D eigenvalue weighted by Crippen LogP contribution is 2.29. The first kappa shape index (κ1) is 24.9. The minimum absolute atomic E-state index is 0.0361. The van der Waals surface area contributed by atoms with Gasteiger partial charge in [0, 0.05) is 5.39 Å². The van der Waals surface area contributed by atoms with Gasteiger partial charge in [-0.25, -0.2) is 0 Å². The van der Waals surface area contributed by atoms with E-state index in [2.05, 4.69) is 19.9 Å². The first-order chi connectivity index (χ1) is 14.5. The van der Waals surface area contributed by atoms with Gasteiger partial charge in [0.15, 0.2) is 0 Å². The van der Waals surface area contributed by atoms with E-state index in [-0.39, 0.29) is 4.90 Å². The van der Waals surface area contributed by atoms with E-state index in [1.54, 1.807) is 6.07 Å². The van der Waals surface area contributed by atoms with Gasteiger partial charge in [-0.2, -0.15) is 8.42 Å². The first-order valence-corrected chi connectivity index (χ1v) is 13.4. The summed E-state index contributed by atoms with van der Waals surface area (Å²) in [7, 11) is -4.23. The number of benzene rings is 2. The van der Waals surface area contributed by atoms with Crippen molar-refractivity contribution in [1.82, 2.24) is 0 Å². The molecule has 0 bridgehead atoms. The molecule has 0 radical (unpaired) electrons. The van der Waals surface area contributed by atoms with Gasteiger partial charge < -0.3 is 0 Å². The van der Waals surface area contributed by atoms with Crippen molar-refractivity contribution in [2.24, 2.45) is 0 Å². The van der Waals surface area contributed by atoms with Crippen LogP contribution in [0, 0.1) is 0 Å². The molecule has 0 heterocycles. The molecule has 0 saturated carbocycles. The molecule has 0 aliphatic carbocycles. The molecule has 0 spiro atoms. The summed E-state index contributed by atoms with van der Waals surface area (Å²) < 4.78 is 33.6. The quantitative estimate of drug-likeness (QED) is 0.230. The molecule has 0 saturated heterocycles. The van der Waals surface area contributed by atoms with Crippen molar-refractivity contribution in [2.45, 2.75) is 109 Å². The van der Waals surface area contributed by atoms with Crippen molar-refractivity contribution in [3.8, 4) is 0 Å². The smallest absolute Gasteiger partial charge is 0.282 e. The average molecular weight is 433 g/mol. The molecule has 2 aromatic carbocycles. The maximum Gasteiger partial charge on any atom is 0.295 e. The molecular weight excluding hydrogens is 392 g/mol. The van der Waals surface area contributed by atoms with Gasteiger partial charge in [-0.15, -0.1) is 0 Å². The minimum Gasteiger partial charge on any atom is -0.282 e. The zero-order chi connectivity index (χ0) is 21.8. The Hall–Kier alpha value is -1.39. The Morgan fingerprint density at radius 1 is 0.700 bits per heavy atom. The highest BCUT2D eigenvalue weighted by Gasteiger charge is 2.16. The average Bonchev–Trinajstić information content (AvgIpc) is 2.72. The summed E-state index contributed by atoms with van der Waals surface area (Å²) in [4.78, 5) is 0.0361. The third-order valence-electron chi connectivity index (χ3n) is 6.00. The lowest BCUT2D eigenvalue weighted by Gasteiger charge is -2.13. The third kappa shape index (κ3) is 8.03. The maximum absolute atomic E-state index is 11.9. The lowest BCUT2D eigenvalue weighted by molar-refractivity contribution is 0.484. The van der Waals surface area contributed by atoms with E-state index in [9.17, 15) is 13.0 Å². The summed E-state index contributed by atoms with van der Waals surface area (Å²) in [6, 6.07) is 9.50. The monoisotopic (exact) mass is 432 g/mol. The van der Waals surface area contributed by atoms with Crippen molar-refractivity contribution in [2.75, 3.05) is 0 Å². The molecule has 3 nitrogen and oxygen atoms in total. The van der Waals surface area contributed by atoms with Crippen LogP contribution in [0.5, 0.6) is 0 Å². The second kappa shape index (κ2) is 13.1. The number of aryl methyl sites for hydroxylation is 2. The Labute approximate surface area is 184 Å². The maximum atomic E-state index is 11.9. The van der Waals surface area contributed by atoms with Crippen LogP contribution < -0.4 is 0 Å². The van der Waals surface area contributed by atoms with Crippen LogP contribution in [0.3, 0.4) is 0 Å². The molecule has 2 aromatic rings. The fraction of sp³-hybridized carbons (Fsp3) is 0.615. The highest BCUT2D eigenvalue weighted by atomic mass is 32.2. The van der Waals surface area contributed by atoms with Crippen LogP contribution in [0.2, 0.25) is 0 Å². The molecular formula is C26H40O3S. The van der Waals surface area contributed by atoms with Crippen LogP contribution in [-0.2, 0) is 23.0 Å². The van der Waals surface area contributed by atoms with Crippen molar-refractivity contribution >= 4 is 20.9 Å². The topological polar surface area (TPSA) is 54.4 Å². The second-order valence-electron chi connectivity index (χ2n) is 8.62. The Morgan fingerprint density at radius 2 is 1.27 bits per heavy atom. The standard InChI is InChI=1S/C26H40O3S/c1-3-5-7-9-11-13-16-22-20-23(17-14-12-10-8-6-4-2)24-18-15-19-26(25(24)21-22)30(27,28)29/h15,18-21H,3-14,16-17H2,1-2H3,(H,27,28,29). The molecule has 168 valence electrons. The molecule has 1 N–H and O–H groups in total. The molecule has 30 heavy (non-hydrogen) atoms. The van der Waals surface area contributed by atoms with E-state index in [4.69, 9.17) is 0 Å². The molecule has 4 heteroatoms. The lowest BCUT2D eigenvalue weighted by Crippen LogP contribution is -2.01. The lowest BCUT2D eigenvalue weighted by atomic mass is 9.94. The number of hydrogen-bond acceptors (Lipinski definition) is 2. The van der Waals surface area contributed by atoms with Gasteiger partial charge in [0.2, 0.25) is 0 Å². The Bertz CT molecular complexity index is 871. The Balaban J connectivity index is 2.17. The number of fused-ring (bicyclic) bond motifs is 1. The first-order valence-electron chi connectivity index (χ1n) is 12.0. The van der Waals surface area contributed by atoms with E-state index in [0.29, 0.717) is 5.39 Å². The molecule has 2 rings (SSSR count). The summed E-state index contributed by atoms with van der Waals surface area (Å²) in [5.41, 5.74) is 2.41. The van der Waals surface area contributed by atoms with Gasteiger partial charge in [-0.3, -0.25) is 4.55 Å². The van der Waals surface area contributed by atoms with Crippen LogP contribution >= 0.6 is 0 Å². The van der Waals surface area contributed by atoms with E-state index < -0.39 is 10.1 Å². The summed E-state index contributed by atoms with van der Waals surface area (Å²) in [5, 5.41) is 1.63. The number of unbranched alkanes of at least 4 members (excludes halogenated alkanes) is 10. The Morgan fingerprint density at radius 3 is 1.87 bits per heavy atom. The summed E-state index contributed by atoms with van der Waals surface area (Å²) >= 11 is 0. The fourth-order valence-electron chi connectivity index (χ4n) is 4.28. The molecule has 0 amide bonds. The largest absolute Gasteiger partial charge is 0.295 e. The van der Waals surface area contributed by atoms with E-state index >= 15 is 0 Å². The van der Waals surface area contributed by atoms with Gasteiger partial charge in [-0.05, 0) is 54.3 Å². The summed E-state index contributed by atoms with van der Waals surface area (Å²) in [6.45, 7) is 4.46. The normalized spacial score (nSPS) is 12.0. The van der Waals surface area contributed by atoms with Crippen molar-refractivity contribution in [1.29, 1.82) is 0 Å². The van der Waals surface area contributed by atoms with Gasteiger partial charge >= 0.3 is 0 Å². The predicted octanol–water partition coefficient (Wildman–Crippen LogP) is 7.89. The molecule has 0 fully saturated rings. The SMILES string of the molecule is CCCCCCCCc1cc(CCCCCCCC)c2cccc(S(=O)(=O)O)c2c1. The molecule has 0 aliphatic rings. The Kier molecular flexibility index (Phi) is 10.9. The van der Waals surface area contributed by atoms with Gasteiger partial charge in [0.1, 0.15) is 4.90 Å². The van der Waals surface area contributed by atoms with Crippen LogP contribution in [0.1, 0.15) is 102 Å². The molecule has 0 unspecified atom stereocenters. The predicted molar refractivity (Wildman–Crippen MR) is 128 cm³/mol. The van der Waals surface area contributed by atoms with Gasteiger partial charge in [0.05, 0.1) is 0 Å². The van der Waals surface area contributed by atoms with Crippen LogP contribution in [0.15, 0.2) is 35.2 Å². The fourth-order valence-corrected chi connectivity index (χ4v) is 4.98. The zero-order valence-corrected chi connectivity index (χ0v) is 19.8. The molecule has 0 atom stereocenters. The molecule has 0 aliphatic heterocycles. The van der Waals surface area contributed by atoms with E-state index in [0.717, 1.165) is 31.1 Å². The molecule has 0 aromatic heterocycles. The zero-order valence-electron chi connectivity index (χ0n) is 19.0.